The van der Waals surface area contributed by atoms with Crippen molar-refractivity contribution in [1.29, 1.82) is 0 Å². The van der Waals surface area contributed by atoms with Gasteiger partial charge in [-0.1, -0.05) is 29.4 Å². The van der Waals surface area contributed by atoms with E-state index >= 15 is 0 Å². The number of hydrogen-bond acceptors (Lipinski definition) is 3. The summed E-state index contributed by atoms with van der Waals surface area (Å²) in [6.45, 7) is 4.03. The predicted molar refractivity (Wildman–Crippen MR) is 76.8 cm³/mol. The summed E-state index contributed by atoms with van der Waals surface area (Å²) in [5.74, 6) is 0. The molecule has 0 aliphatic carbocycles. The van der Waals surface area contributed by atoms with Gasteiger partial charge in [-0.05, 0) is 49.9 Å². The molecule has 98 valence electrons. The number of oxime groups is 1. The smallest absolute Gasteiger partial charge is 0.0872 e. The molecule has 2 rings (SSSR count). The maximum absolute atomic E-state index is 9.19. The Bertz CT molecular complexity index is 591. The Labute approximate surface area is 113 Å². The van der Waals surface area contributed by atoms with Crippen LogP contribution in [0.5, 0.6) is 0 Å². The Morgan fingerprint density at radius 3 is 2.68 bits per heavy atom. The molecule has 0 bridgehead atoms. The normalized spacial score (nSPS) is 11.6. The third-order valence-electron chi connectivity index (χ3n) is 3.24. The van der Waals surface area contributed by atoms with E-state index in [4.69, 9.17) is 0 Å². The lowest BCUT2D eigenvalue weighted by atomic mass is 9.99. The first-order valence-electron chi connectivity index (χ1n) is 6.39. The highest BCUT2D eigenvalue weighted by Crippen LogP contribution is 2.13. The van der Waals surface area contributed by atoms with Gasteiger partial charge in [0.05, 0.1) is 5.71 Å². The van der Waals surface area contributed by atoms with Crippen molar-refractivity contribution < 1.29 is 5.21 Å². The highest BCUT2D eigenvalue weighted by molar-refractivity contribution is 6.00. The Morgan fingerprint density at radius 1 is 1.21 bits per heavy atom. The Balaban J connectivity index is 2.11. The molecule has 0 saturated heterocycles. The number of pyridine rings is 1. The molecule has 1 heterocycles. The number of nitrogens with zero attached hydrogens (tertiary/aromatic N) is 2. The van der Waals surface area contributed by atoms with Gasteiger partial charge in [0.15, 0.2) is 0 Å². The van der Waals surface area contributed by atoms with E-state index in [9.17, 15) is 5.21 Å². The second-order valence-electron chi connectivity index (χ2n) is 4.66. The van der Waals surface area contributed by atoms with E-state index in [1.807, 2.05) is 31.2 Å². The predicted octanol–water partition coefficient (Wildman–Crippen LogP) is 3.51. The first-order valence-corrected chi connectivity index (χ1v) is 6.39. The lowest BCUT2D eigenvalue weighted by Gasteiger charge is -2.07. The lowest BCUT2D eigenvalue weighted by molar-refractivity contribution is 0.318. The summed E-state index contributed by atoms with van der Waals surface area (Å²) in [6, 6.07) is 12.1. The summed E-state index contributed by atoms with van der Waals surface area (Å²) < 4.78 is 0. The Hall–Kier alpha value is -2.16. The summed E-state index contributed by atoms with van der Waals surface area (Å²) in [5.41, 5.74) is 5.12. The van der Waals surface area contributed by atoms with E-state index in [0.29, 0.717) is 12.1 Å². The minimum Gasteiger partial charge on any atom is -0.411 e. The molecule has 1 aromatic carbocycles. The van der Waals surface area contributed by atoms with Crippen LogP contribution in [0.15, 0.2) is 47.8 Å². The van der Waals surface area contributed by atoms with Crippen molar-refractivity contribution in [3.63, 3.8) is 0 Å². The van der Waals surface area contributed by atoms with Gasteiger partial charge < -0.3 is 5.21 Å². The zero-order chi connectivity index (χ0) is 13.7. The zero-order valence-corrected chi connectivity index (χ0v) is 11.3. The fourth-order valence-corrected chi connectivity index (χ4v) is 2.12. The van der Waals surface area contributed by atoms with Gasteiger partial charge in [-0.3, -0.25) is 4.98 Å². The fraction of sp³-hybridized carbons (Fsp3) is 0.250. The maximum atomic E-state index is 9.19. The minimum absolute atomic E-state index is 0.703. The van der Waals surface area contributed by atoms with Crippen LogP contribution in [0.25, 0.3) is 0 Å². The van der Waals surface area contributed by atoms with E-state index < -0.39 is 0 Å². The third kappa shape index (κ3) is 3.41. The lowest BCUT2D eigenvalue weighted by Crippen LogP contribution is -2.04. The molecule has 0 saturated carbocycles. The SMILES string of the molecule is Cc1cc(C(CCc2ccccc2C)=NO)ccn1. The van der Waals surface area contributed by atoms with Crippen molar-refractivity contribution in [2.24, 2.45) is 5.16 Å². The maximum Gasteiger partial charge on any atom is 0.0872 e. The Morgan fingerprint density at radius 2 is 2.00 bits per heavy atom. The van der Waals surface area contributed by atoms with Gasteiger partial charge in [-0.2, -0.15) is 0 Å². The van der Waals surface area contributed by atoms with Crippen LogP contribution in [-0.4, -0.2) is 15.9 Å². The summed E-state index contributed by atoms with van der Waals surface area (Å²) in [4.78, 5) is 4.15. The average molecular weight is 254 g/mol. The molecule has 3 nitrogen and oxygen atoms in total. The standard InChI is InChI=1S/C16H18N2O/c1-12-5-3-4-6-14(12)7-8-16(18-19)15-9-10-17-13(2)11-15/h3-6,9-11,19H,7-8H2,1-2H3. The largest absolute Gasteiger partial charge is 0.411 e. The van der Waals surface area contributed by atoms with Crippen LogP contribution in [0.3, 0.4) is 0 Å². The molecule has 0 atom stereocenters. The van der Waals surface area contributed by atoms with E-state index in [1.165, 1.54) is 11.1 Å². The van der Waals surface area contributed by atoms with Crippen molar-refractivity contribution >= 4 is 5.71 Å². The molecule has 0 aliphatic heterocycles. The fourth-order valence-electron chi connectivity index (χ4n) is 2.12. The van der Waals surface area contributed by atoms with Gasteiger partial charge in [0.25, 0.3) is 0 Å². The van der Waals surface area contributed by atoms with Gasteiger partial charge in [-0.25, -0.2) is 0 Å². The highest BCUT2D eigenvalue weighted by Gasteiger charge is 2.06. The molecular formula is C16H18N2O. The number of aryl methyl sites for hydroxylation is 3. The molecule has 0 fully saturated rings. The first kappa shape index (κ1) is 13.3. The van der Waals surface area contributed by atoms with E-state index in [-0.39, 0.29) is 0 Å². The van der Waals surface area contributed by atoms with Crippen molar-refractivity contribution in [3.8, 4) is 0 Å². The van der Waals surface area contributed by atoms with Crippen LogP contribution in [0.4, 0.5) is 0 Å². The summed E-state index contributed by atoms with van der Waals surface area (Å²) in [5, 5.41) is 12.6. The summed E-state index contributed by atoms with van der Waals surface area (Å²) >= 11 is 0. The number of hydrogen-bond donors (Lipinski definition) is 1. The molecule has 0 radical (unpaired) electrons. The molecule has 3 heteroatoms. The van der Waals surface area contributed by atoms with Crippen LogP contribution in [-0.2, 0) is 6.42 Å². The minimum atomic E-state index is 0.703. The topological polar surface area (TPSA) is 45.5 Å². The van der Waals surface area contributed by atoms with E-state index in [1.54, 1.807) is 6.20 Å². The average Bonchev–Trinajstić information content (AvgIpc) is 2.41. The molecule has 0 aliphatic rings. The van der Waals surface area contributed by atoms with Crippen molar-refractivity contribution in [3.05, 3.63) is 65.0 Å². The zero-order valence-electron chi connectivity index (χ0n) is 11.3. The number of rotatable bonds is 4. The molecular weight excluding hydrogens is 236 g/mol. The van der Waals surface area contributed by atoms with Gasteiger partial charge in [0.1, 0.15) is 0 Å². The first-order chi connectivity index (χ1) is 9.20. The number of benzene rings is 1. The van der Waals surface area contributed by atoms with Crippen molar-refractivity contribution in [1.82, 2.24) is 4.98 Å². The van der Waals surface area contributed by atoms with Gasteiger partial charge in [-0.15, -0.1) is 0 Å². The van der Waals surface area contributed by atoms with Crippen LogP contribution in [0.1, 0.15) is 28.8 Å². The highest BCUT2D eigenvalue weighted by atomic mass is 16.4. The quantitative estimate of drug-likeness (QED) is 0.515. The molecule has 0 unspecified atom stereocenters. The van der Waals surface area contributed by atoms with Crippen molar-refractivity contribution in [2.45, 2.75) is 26.7 Å². The van der Waals surface area contributed by atoms with Crippen molar-refractivity contribution in [2.75, 3.05) is 0 Å². The molecule has 19 heavy (non-hydrogen) atoms. The third-order valence-corrected chi connectivity index (χ3v) is 3.24. The van der Waals surface area contributed by atoms with Gasteiger partial charge >= 0.3 is 0 Å². The van der Waals surface area contributed by atoms with Crippen LogP contribution < -0.4 is 0 Å². The van der Waals surface area contributed by atoms with Gasteiger partial charge in [0, 0.05) is 17.5 Å². The molecule has 1 aromatic heterocycles. The van der Waals surface area contributed by atoms with E-state index in [2.05, 4.69) is 29.2 Å². The van der Waals surface area contributed by atoms with Crippen LogP contribution in [0, 0.1) is 13.8 Å². The monoisotopic (exact) mass is 254 g/mol. The Kier molecular flexibility index (Phi) is 4.29. The number of aromatic nitrogens is 1. The molecule has 0 spiro atoms. The van der Waals surface area contributed by atoms with Crippen LogP contribution in [0.2, 0.25) is 0 Å². The second kappa shape index (κ2) is 6.14. The molecule has 0 amide bonds. The molecule has 1 N–H and O–H groups in total. The van der Waals surface area contributed by atoms with Crippen LogP contribution >= 0.6 is 0 Å². The van der Waals surface area contributed by atoms with E-state index in [0.717, 1.165) is 17.7 Å². The van der Waals surface area contributed by atoms with Gasteiger partial charge in [0.2, 0.25) is 0 Å². The molecule has 2 aromatic rings. The summed E-state index contributed by atoms with van der Waals surface area (Å²) in [7, 11) is 0. The second-order valence-corrected chi connectivity index (χ2v) is 4.66. The summed E-state index contributed by atoms with van der Waals surface area (Å²) in [6.07, 6.45) is 3.32.